The Morgan fingerprint density at radius 3 is 2.88 bits per heavy atom. The van der Waals surface area contributed by atoms with E-state index in [1.54, 1.807) is 17.2 Å². The monoisotopic (exact) mass is 217 g/mol. The predicted octanol–water partition coefficient (Wildman–Crippen LogP) is 1.06. The maximum atomic E-state index is 4.29. The van der Waals surface area contributed by atoms with Gasteiger partial charge in [-0.1, -0.05) is 6.07 Å². The molecule has 0 spiro atoms. The predicted molar refractivity (Wildman–Crippen MR) is 60.5 cm³/mol. The van der Waals surface area contributed by atoms with E-state index < -0.39 is 0 Å². The van der Waals surface area contributed by atoms with E-state index in [-0.39, 0.29) is 6.04 Å². The second-order valence-electron chi connectivity index (χ2n) is 3.69. The molecule has 0 saturated heterocycles. The largest absolute Gasteiger partial charge is 0.302 e. The molecule has 2 aromatic heterocycles. The molecule has 5 heteroatoms. The third kappa shape index (κ3) is 2.64. The van der Waals surface area contributed by atoms with Crippen molar-refractivity contribution >= 4 is 0 Å². The van der Waals surface area contributed by atoms with Gasteiger partial charge in [0.15, 0.2) is 5.82 Å². The highest BCUT2D eigenvalue weighted by Gasteiger charge is 2.06. The van der Waals surface area contributed by atoms with Crippen molar-refractivity contribution in [3.05, 3.63) is 42.2 Å². The molecule has 1 unspecified atom stereocenters. The van der Waals surface area contributed by atoms with Crippen molar-refractivity contribution < 1.29 is 0 Å². The molecule has 0 saturated carbocycles. The van der Waals surface area contributed by atoms with Gasteiger partial charge in [-0.05, 0) is 19.1 Å². The SMILES string of the molecule is CC(NCc1ncn(C)n1)c1ccccn1. The van der Waals surface area contributed by atoms with Crippen molar-refractivity contribution in [2.75, 3.05) is 0 Å². The van der Waals surface area contributed by atoms with Crippen molar-refractivity contribution in [1.29, 1.82) is 0 Å². The molecule has 0 bridgehead atoms. The Hall–Kier alpha value is -1.75. The van der Waals surface area contributed by atoms with Crippen LogP contribution in [0, 0.1) is 0 Å². The lowest BCUT2D eigenvalue weighted by Gasteiger charge is -2.11. The van der Waals surface area contributed by atoms with Gasteiger partial charge in [-0.3, -0.25) is 9.67 Å². The van der Waals surface area contributed by atoms with E-state index in [2.05, 4.69) is 27.3 Å². The maximum Gasteiger partial charge on any atom is 0.164 e. The lowest BCUT2D eigenvalue weighted by Crippen LogP contribution is -2.19. The summed E-state index contributed by atoms with van der Waals surface area (Å²) in [6, 6.07) is 6.10. The molecule has 0 aliphatic carbocycles. The number of hydrogen-bond acceptors (Lipinski definition) is 4. The maximum absolute atomic E-state index is 4.29. The molecular weight excluding hydrogens is 202 g/mol. The lowest BCUT2D eigenvalue weighted by molar-refractivity contribution is 0.545. The van der Waals surface area contributed by atoms with Crippen LogP contribution in [0.1, 0.15) is 24.5 Å². The molecule has 0 aromatic carbocycles. The third-order valence-corrected chi connectivity index (χ3v) is 2.34. The summed E-state index contributed by atoms with van der Waals surface area (Å²) in [5.41, 5.74) is 1.03. The van der Waals surface area contributed by atoms with E-state index in [1.807, 2.05) is 25.2 Å². The highest BCUT2D eigenvalue weighted by Crippen LogP contribution is 2.07. The Morgan fingerprint density at radius 2 is 2.25 bits per heavy atom. The summed E-state index contributed by atoms with van der Waals surface area (Å²) < 4.78 is 1.70. The van der Waals surface area contributed by atoms with Gasteiger partial charge in [0.05, 0.1) is 12.2 Å². The highest BCUT2D eigenvalue weighted by molar-refractivity contribution is 5.07. The summed E-state index contributed by atoms with van der Waals surface area (Å²) >= 11 is 0. The first kappa shape index (κ1) is 10.8. The normalized spacial score (nSPS) is 12.6. The van der Waals surface area contributed by atoms with Gasteiger partial charge in [0.1, 0.15) is 6.33 Å². The van der Waals surface area contributed by atoms with Crippen molar-refractivity contribution in [3.63, 3.8) is 0 Å². The molecule has 0 aliphatic heterocycles. The minimum Gasteiger partial charge on any atom is -0.302 e. The summed E-state index contributed by atoms with van der Waals surface area (Å²) in [5, 5.41) is 7.53. The van der Waals surface area contributed by atoms with Crippen LogP contribution in [-0.2, 0) is 13.6 Å². The minimum absolute atomic E-state index is 0.199. The van der Waals surface area contributed by atoms with Gasteiger partial charge in [0.25, 0.3) is 0 Å². The zero-order valence-corrected chi connectivity index (χ0v) is 9.46. The van der Waals surface area contributed by atoms with Gasteiger partial charge in [-0.25, -0.2) is 4.98 Å². The molecule has 0 radical (unpaired) electrons. The van der Waals surface area contributed by atoms with Crippen LogP contribution in [0.3, 0.4) is 0 Å². The topological polar surface area (TPSA) is 55.6 Å². The Kier molecular flexibility index (Phi) is 3.26. The van der Waals surface area contributed by atoms with Crippen LogP contribution in [0.5, 0.6) is 0 Å². The smallest absolute Gasteiger partial charge is 0.164 e. The quantitative estimate of drug-likeness (QED) is 0.832. The molecule has 84 valence electrons. The van der Waals surface area contributed by atoms with Gasteiger partial charge in [0, 0.05) is 19.3 Å². The number of nitrogens with zero attached hydrogens (tertiary/aromatic N) is 4. The van der Waals surface area contributed by atoms with Crippen molar-refractivity contribution in [2.24, 2.45) is 7.05 Å². The van der Waals surface area contributed by atoms with E-state index in [9.17, 15) is 0 Å². The summed E-state index contributed by atoms with van der Waals surface area (Å²) in [5.74, 6) is 0.797. The van der Waals surface area contributed by atoms with Gasteiger partial charge in [-0.2, -0.15) is 5.10 Å². The standard InChI is InChI=1S/C11H15N5/c1-9(10-5-3-4-6-12-10)13-7-11-14-8-16(2)15-11/h3-6,8-9,13H,7H2,1-2H3. The molecule has 1 N–H and O–H groups in total. The molecule has 5 nitrogen and oxygen atoms in total. The Labute approximate surface area is 94.5 Å². The average molecular weight is 217 g/mol. The summed E-state index contributed by atoms with van der Waals surface area (Å²) in [4.78, 5) is 8.44. The van der Waals surface area contributed by atoms with E-state index in [0.29, 0.717) is 6.54 Å². The second-order valence-corrected chi connectivity index (χ2v) is 3.69. The van der Waals surface area contributed by atoms with Gasteiger partial charge < -0.3 is 5.32 Å². The van der Waals surface area contributed by atoms with E-state index in [0.717, 1.165) is 11.5 Å². The van der Waals surface area contributed by atoms with Crippen LogP contribution in [-0.4, -0.2) is 19.7 Å². The Bertz CT molecular complexity index is 437. The fourth-order valence-corrected chi connectivity index (χ4v) is 1.45. The molecule has 0 fully saturated rings. The molecule has 1 atom stereocenters. The fraction of sp³-hybridized carbons (Fsp3) is 0.364. The van der Waals surface area contributed by atoms with E-state index in [1.165, 1.54) is 0 Å². The summed E-state index contributed by atoms with van der Waals surface area (Å²) in [6.45, 7) is 2.73. The first-order valence-corrected chi connectivity index (χ1v) is 5.24. The molecule has 2 heterocycles. The lowest BCUT2D eigenvalue weighted by atomic mass is 10.2. The van der Waals surface area contributed by atoms with Gasteiger partial charge >= 0.3 is 0 Å². The summed E-state index contributed by atoms with van der Waals surface area (Å²) in [6.07, 6.45) is 3.50. The number of hydrogen-bond donors (Lipinski definition) is 1. The fourth-order valence-electron chi connectivity index (χ4n) is 1.45. The van der Waals surface area contributed by atoms with E-state index in [4.69, 9.17) is 0 Å². The van der Waals surface area contributed by atoms with Crippen LogP contribution in [0.4, 0.5) is 0 Å². The number of aryl methyl sites for hydroxylation is 1. The summed E-state index contributed by atoms with van der Waals surface area (Å²) in [7, 11) is 1.86. The number of aromatic nitrogens is 4. The van der Waals surface area contributed by atoms with Crippen LogP contribution in [0.2, 0.25) is 0 Å². The molecule has 2 aromatic rings. The molecule has 0 aliphatic rings. The van der Waals surface area contributed by atoms with Crippen LogP contribution >= 0.6 is 0 Å². The Morgan fingerprint density at radius 1 is 1.38 bits per heavy atom. The molecule has 2 rings (SSSR count). The zero-order chi connectivity index (χ0) is 11.4. The highest BCUT2D eigenvalue weighted by atomic mass is 15.3. The first-order valence-electron chi connectivity index (χ1n) is 5.24. The average Bonchev–Trinajstić information content (AvgIpc) is 2.73. The van der Waals surface area contributed by atoms with Crippen LogP contribution in [0.15, 0.2) is 30.7 Å². The number of rotatable bonds is 4. The molecular formula is C11H15N5. The van der Waals surface area contributed by atoms with Crippen LogP contribution < -0.4 is 5.32 Å². The van der Waals surface area contributed by atoms with Gasteiger partial charge in [0.2, 0.25) is 0 Å². The van der Waals surface area contributed by atoms with Crippen molar-refractivity contribution in [2.45, 2.75) is 19.5 Å². The Balaban J connectivity index is 1.91. The minimum atomic E-state index is 0.199. The van der Waals surface area contributed by atoms with Gasteiger partial charge in [-0.15, -0.1) is 0 Å². The molecule has 16 heavy (non-hydrogen) atoms. The zero-order valence-electron chi connectivity index (χ0n) is 9.46. The third-order valence-electron chi connectivity index (χ3n) is 2.34. The second kappa shape index (κ2) is 4.85. The van der Waals surface area contributed by atoms with Crippen molar-refractivity contribution in [3.8, 4) is 0 Å². The van der Waals surface area contributed by atoms with Crippen molar-refractivity contribution in [1.82, 2.24) is 25.1 Å². The molecule has 0 amide bonds. The van der Waals surface area contributed by atoms with E-state index >= 15 is 0 Å². The number of pyridine rings is 1. The first-order chi connectivity index (χ1) is 7.75. The number of nitrogens with one attached hydrogen (secondary N) is 1. The van der Waals surface area contributed by atoms with Crippen LogP contribution in [0.25, 0.3) is 0 Å².